The maximum absolute atomic E-state index is 13.3. The van der Waals surface area contributed by atoms with Crippen molar-refractivity contribution in [3.63, 3.8) is 0 Å². The fourth-order valence-electron chi connectivity index (χ4n) is 4.56. The molecule has 0 aromatic heterocycles. The van der Waals surface area contributed by atoms with Crippen LogP contribution in [-0.2, 0) is 15.1 Å². The van der Waals surface area contributed by atoms with E-state index in [2.05, 4.69) is 17.4 Å². The van der Waals surface area contributed by atoms with Gasteiger partial charge in [0.1, 0.15) is 12.1 Å². The summed E-state index contributed by atoms with van der Waals surface area (Å²) in [4.78, 5) is 41.7. The standard InChI is InChI=1S/C26H27N3O5/c1-26(20-8-9-21-22(16-20)34-15-5-14-33-21)24(31)29(25(32)27-26)17-23(30)28-12-10-19(11-13-28)18-6-3-2-4-7-18/h2-4,6-10,16H,5,11-15,17H2,1H3,(H,27,32)/t26-/m0/s1. The van der Waals surface area contributed by atoms with Crippen molar-refractivity contribution >= 4 is 23.4 Å². The van der Waals surface area contributed by atoms with E-state index in [4.69, 9.17) is 9.47 Å². The molecule has 176 valence electrons. The summed E-state index contributed by atoms with van der Waals surface area (Å²) < 4.78 is 11.4. The molecule has 5 rings (SSSR count). The summed E-state index contributed by atoms with van der Waals surface area (Å²) in [6.45, 7) is 3.43. The zero-order chi connectivity index (χ0) is 23.7. The highest BCUT2D eigenvalue weighted by atomic mass is 16.5. The molecule has 2 aromatic rings. The van der Waals surface area contributed by atoms with Gasteiger partial charge in [-0.05, 0) is 42.2 Å². The average molecular weight is 462 g/mol. The van der Waals surface area contributed by atoms with E-state index in [1.807, 2.05) is 24.3 Å². The van der Waals surface area contributed by atoms with Crippen molar-refractivity contribution in [2.24, 2.45) is 0 Å². The van der Waals surface area contributed by atoms with Crippen LogP contribution in [0.25, 0.3) is 5.57 Å². The maximum Gasteiger partial charge on any atom is 0.325 e. The molecule has 1 fully saturated rings. The number of imide groups is 1. The average Bonchev–Trinajstić information content (AvgIpc) is 3.02. The van der Waals surface area contributed by atoms with Crippen molar-refractivity contribution in [3.05, 3.63) is 65.7 Å². The molecule has 0 spiro atoms. The Bertz CT molecular complexity index is 1160. The topological polar surface area (TPSA) is 88.2 Å². The molecule has 3 heterocycles. The van der Waals surface area contributed by atoms with Crippen LogP contribution in [0.1, 0.15) is 30.9 Å². The lowest BCUT2D eigenvalue weighted by atomic mass is 9.91. The van der Waals surface area contributed by atoms with Crippen LogP contribution in [0.2, 0.25) is 0 Å². The van der Waals surface area contributed by atoms with E-state index < -0.39 is 17.5 Å². The fourth-order valence-corrected chi connectivity index (χ4v) is 4.56. The number of benzene rings is 2. The molecule has 2 aromatic carbocycles. The van der Waals surface area contributed by atoms with E-state index >= 15 is 0 Å². The highest BCUT2D eigenvalue weighted by Gasteiger charge is 2.50. The Morgan fingerprint density at radius 1 is 1.06 bits per heavy atom. The van der Waals surface area contributed by atoms with Gasteiger partial charge >= 0.3 is 6.03 Å². The highest BCUT2D eigenvalue weighted by molar-refractivity contribution is 6.09. The van der Waals surface area contributed by atoms with E-state index in [0.717, 1.165) is 23.3 Å². The van der Waals surface area contributed by atoms with Crippen LogP contribution >= 0.6 is 0 Å². The lowest BCUT2D eigenvalue weighted by molar-refractivity contribution is -0.138. The first-order valence-electron chi connectivity index (χ1n) is 11.5. The van der Waals surface area contributed by atoms with Gasteiger partial charge in [0.25, 0.3) is 5.91 Å². The minimum absolute atomic E-state index is 0.255. The van der Waals surface area contributed by atoms with Crippen LogP contribution in [-0.4, -0.2) is 60.5 Å². The molecule has 0 unspecified atom stereocenters. The maximum atomic E-state index is 13.3. The molecular weight excluding hydrogens is 434 g/mol. The number of carbonyl (C=O) groups excluding carboxylic acids is 3. The number of amides is 4. The zero-order valence-electron chi connectivity index (χ0n) is 19.1. The van der Waals surface area contributed by atoms with E-state index in [0.29, 0.717) is 43.4 Å². The number of hydrogen-bond acceptors (Lipinski definition) is 5. The van der Waals surface area contributed by atoms with Gasteiger partial charge < -0.3 is 19.7 Å². The van der Waals surface area contributed by atoms with Crippen molar-refractivity contribution in [1.29, 1.82) is 0 Å². The summed E-state index contributed by atoms with van der Waals surface area (Å²) in [5.74, 6) is 0.441. The second kappa shape index (κ2) is 8.85. The summed E-state index contributed by atoms with van der Waals surface area (Å²) in [5.41, 5.74) is 1.64. The Labute approximate surface area is 198 Å². The molecule has 4 amide bonds. The second-order valence-electron chi connectivity index (χ2n) is 8.84. The van der Waals surface area contributed by atoms with E-state index in [1.165, 1.54) is 5.57 Å². The Kier molecular flexibility index (Phi) is 5.73. The fraction of sp³-hybridized carbons (Fsp3) is 0.346. The zero-order valence-corrected chi connectivity index (χ0v) is 19.1. The number of rotatable bonds is 4. The van der Waals surface area contributed by atoms with Crippen LogP contribution < -0.4 is 14.8 Å². The molecule has 8 heteroatoms. The highest BCUT2D eigenvalue weighted by Crippen LogP contribution is 2.36. The number of hydrogen-bond donors (Lipinski definition) is 1. The molecule has 3 aliphatic rings. The number of ether oxygens (including phenoxy) is 2. The monoisotopic (exact) mass is 461 g/mol. The van der Waals surface area contributed by atoms with Gasteiger partial charge in [-0.25, -0.2) is 4.79 Å². The predicted molar refractivity (Wildman–Crippen MR) is 125 cm³/mol. The van der Waals surface area contributed by atoms with Crippen LogP contribution in [0.15, 0.2) is 54.6 Å². The van der Waals surface area contributed by atoms with Gasteiger partial charge in [0, 0.05) is 19.5 Å². The first-order valence-corrected chi connectivity index (χ1v) is 11.5. The molecule has 1 N–H and O–H groups in total. The minimum atomic E-state index is -1.29. The van der Waals surface area contributed by atoms with Crippen LogP contribution in [0.4, 0.5) is 4.79 Å². The Morgan fingerprint density at radius 3 is 2.56 bits per heavy atom. The molecule has 1 saturated heterocycles. The van der Waals surface area contributed by atoms with Crippen molar-refractivity contribution < 1.29 is 23.9 Å². The van der Waals surface area contributed by atoms with Gasteiger partial charge in [0.05, 0.1) is 13.2 Å². The van der Waals surface area contributed by atoms with E-state index in [-0.39, 0.29) is 12.5 Å². The predicted octanol–water partition coefficient (Wildman–Crippen LogP) is 2.93. The molecule has 3 aliphatic heterocycles. The van der Waals surface area contributed by atoms with E-state index in [1.54, 1.807) is 30.0 Å². The first kappa shape index (κ1) is 22.0. The molecule has 1 atom stereocenters. The van der Waals surface area contributed by atoms with Gasteiger partial charge in [-0.2, -0.15) is 0 Å². The summed E-state index contributed by atoms with van der Waals surface area (Å²) in [6.07, 6.45) is 3.53. The largest absolute Gasteiger partial charge is 0.490 e. The number of carbonyl (C=O) groups is 3. The van der Waals surface area contributed by atoms with Crippen molar-refractivity contribution in [3.8, 4) is 11.5 Å². The van der Waals surface area contributed by atoms with Gasteiger partial charge in [0.15, 0.2) is 11.5 Å². The second-order valence-corrected chi connectivity index (χ2v) is 8.84. The van der Waals surface area contributed by atoms with Gasteiger partial charge in [-0.3, -0.25) is 14.5 Å². The molecule has 0 bridgehead atoms. The van der Waals surface area contributed by atoms with Gasteiger partial charge in [-0.15, -0.1) is 0 Å². The molecule has 0 saturated carbocycles. The molecule has 34 heavy (non-hydrogen) atoms. The number of nitrogens with zero attached hydrogens (tertiary/aromatic N) is 2. The van der Waals surface area contributed by atoms with Crippen molar-refractivity contribution in [1.82, 2.24) is 15.1 Å². The smallest absolute Gasteiger partial charge is 0.325 e. The van der Waals surface area contributed by atoms with Gasteiger partial charge in [0.2, 0.25) is 5.91 Å². The molecule has 0 radical (unpaired) electrons. The molecular formula is C26H27N3O5. The van der Waals surface area contributed by atoms with Crippen LogP contribution in [0.3, 0.4) is 0 Å². The molecule has 0 aliphatic carbocycles. The Balaban J connectivity index is 1.28. The summed E-state index contributed by atoms with van der Waals surface area (Å²) in [7, 11) is 0. The summed E-state index contributed by atoms with van der Waals surface area (Å²) in [5, 5.41) is 2.76. The third-order valence-electron chi connectivity index (χ3n) is 6.60. The lowest BCUT2D eigenvalue weighted by Crippen LogP contribution is -2.45. The minimum Gasteiger partial charge on any atom is -0.490 e. The van der Waals surface area contributed by atoms with Gasteiger partial charge in [-0.1, -0.05) is 42.5 Å². The summed E-state index contributed by atoms with van der Waals surface area (Å²) in [6, 6.07) is 14.7. The Hall–Kier alpha value is -3.81. The number of nitrogens with one attached hydrogen (secondary N) is 1. The molecule has 8 nitrogen and oxygen atoms in total. The number of fused-ring (bicyclic) bond motifs is 1. The van der Waals surface area contributed by atoms with Crippen molar-refractivity contribution in [2.75, 3.05) is 32.8 Å². The Morgan fingerprint density at radius 2 is 1.82 bits per heavy atom. The van der Waals surface area contributed by atoms with Crippen LogP contribution in [0.5, 0.6) is 11.5 Å². The lowest BCUT2D eigenvalue weighted by Gasteiger charge is -2.28. The third-order valence-corrected chi connectivity index (χ3v) is 6.60. The van der Waals surface area contributed by atoms with E-state index in [9.17, 15) is 14.4 Å². The SMILES string of the molecule is C[C@@]1(c2ccc3c(c2)OCCCO3)NC(=O)N(CC(=O)N2CC=C(c3ccccc3)CC2)C1=O. The number of urea groups is 1. The first-order chi connectivity index (χ1) is 16.5. The summed E-state index contributed by atoms with van der Waals surface area (Å²) >= 11 is 0. The van der Waals surface area contributed by atoms with Crippen molar-refractivity contribution in [2.45, 2.75) is 25.3 Å². The van der Waals surface area contributed by atoms with Crippen LogP contribution in [0, 0.1) is 0 Å². The third kappa shape index (κ3) is 4.00. The normalized spacial score (nSPS) is 22.2. The quantitative estimate of drug-likeness (QED) is 0.708.